The summed E-state index contributed by atoms with van der Waals surface area (Å²) in [6.07, 6.45) is 2.93. The first-order valence-corrected chi connectivity index (χ1v) is 13.5. The predicted molar refractivity (Wildman–Crippen MR) is 149 cm³/mol. The Hall–Kier alpha value is -4.50. The SMILES string of the molecule is C=C1CCC(N2Cc3c(OCc4ccc(CN5CCN(c6ccccn6)C(=O)C5)cc4)cccc3C2=O)C(=O)N1. The largest absolute Gasteiger partial charge is 0.489 e. The number of nitrogens with one attached hydrogen (secondary N) is 1. The molecule has 2 aromatic carbocycles. The molecule has 9 heteroatoms. The number of carbonyl (C=O) groups excluding carboxylic acids is 3. The number of anilines is 1. The third-order valence-electron chi connectivity index (χ3n) is 7.70. The second-order valence-corrected chi connectivity index (χ2v) is 10.4. The third kappa shape index (κ3) is 5.20. The molecule has 3 aliphatic rings. The first-order chi connectivity index (χ1) is 19.5. The molecule has 204 valence electrons. The van der Waals surface area contributed by atoms with E-state index < -0.39 is 6.04 Å². The van der Waals surface area contributed by atoms with Crippen molar-refractivity contribution in [2.75, 3.05) is 24.5 Å². The van der Waals surface area contributed by atoms with Crippen LogP contribution in [0.25, 0.3) is 0 Å². The van der Waals surface area contributed by atoms with Gasteiger partial charge in [-0.3, -0.25) is 24.2 Å². The van der Waals surface area contributed by atoms with Crippen molar-refractivity contribution in [1.82, 2.24) is 20.1 Å². The van der Waals surface area contributed by atoms with Crippen LogP contribution in [0, 0.1) is 0 Å². The van der Waals surface area contributed by atoms with E-state index in [1.54, 1.807) is 22.1 Å². The number of allylic oxidation sites excluding steroid dienone is 1. The number of amides is 3. The number of hydrogen-bond donors (Lipinski definition) is 1. The summed E-state index contributed by atoms with van der Waals surface area (Å²) in [6, 6.07) is 18.7. The average Bonchev–Trinajstić information content (AvgIpc) is 3.30. The smallest absolute Gasteiger partial charge is 0.255 e. The van der Waals surface area contributed by atoms with Crippen molar-refractivity contribution < 1.29 is 19.1 Å². The number of piperidine rings is 1. The van der Waals surface area contributed by atoms with Gasteiger partial charge in [0.2, 0.25) is 11.8 Å². The van der Waals surface area contributed by atoms with Gasteiger partial charge in [0.1, 0.15) is 24.2 Å². The van der Waals surface area contributed by atoms with Crippen LogP contribution in [0.4, 0.5) is 5.82 Å². The fraction of sp³-hybridized carbons (Fsp3) is 0.290. The monoisotopic (exact) mass is 537 g/mol. The van der Waals surface area contributed by atoms with Gasteiger partial charge in [-0.25, -0.2) is 4.98 Å². The summed E-state index contributed by atoms with van der Waals surface area (Å²) >= 11 is 0. The molecular formula is C31H31N5O4. The Bertz CT molecular complexity index is 1460. The first-order valence-electron chi connectivity index (χ1n) is 13.5. The minimum atomic E-state index is -0.501. The first kappa shape index (κ1) is 25.8. The zero-order valence-corrected chi connectivity index (χ0v) is 22.2. The summed E-state index contributed by atoms with van der Waals surface area (Å²) in [5, 5.41) is 2.77. The molecule has 1 atom stereocenters. The second-order valence-electron chi connectivity index (χ2n) is 10.4. The highest BCUT2D eigenvalue weighted by molar-refractivity contribution is 6.02. The van der Waals surface area contributed by atoms with Crippen LogP contribution in [0.5, 0.6) is 5.75 Å². The zero-order valence-electron chi connectivity index (χ0n) is 22.2. The van der Waals surface area contributed by atoms with Crippen molar-refractivity contribution in [3.63, 3.8) is 0 Å². The molecule has 0 bridgehead atoms. The molecule has 0 saturated carbocycles. The molecule has 0 aliphatic carbocycles. The van der Waals surface area contributed by atoms with Gasteiger partial charge in [-0.15, -0.1) is 0 Å². The maximum absolute atomic E-state index is 13.1. The summed E-state index contributed by atoms with van der Waals surface area (Å²) in [6.45, 7) is 6.97. The molecule has 3 aliphatic heterocycles. The van der Waals surface area contributed by atoms with Crippen molar-refractivity contribution in [3.05, 3.63) is 101 Å². The van der Waals surface area contributed by atoms with Crippen molar-refractivity contribution >= 4 is 23.5 Å². The minimum absolute atomic E-state index is 0.0528. The number of carbonyl (C=O) groups is 3. The molecule has 9 nitrogen and oxygen atoms in total. The van der Waals surface area contributed by atoms with E-state index in [-0.39, 0.29) is 17.7 Å². The lowest BCUT2D eigenvalue weighted by atomic mass is 10.0. The van der Waals surface area contributed by atoms with Crippen LogP contribution in [-0.2, 0) is 29.3 Å². The quantitative estimate of drug-likeness (QED) is 0.497. The van der Waals surface area contributed by atoms with Gasteiger partial charge >= 0.3 is 0 Å². The van der Waals surface area contributed by atoms with E-state index in [9.17, 15) is 14.4 Å². The van der Waals surface area contributed by atoms with E-state index in [1.807, 2.05) is 42.5 Å². The molecule has 0 spiro atoms. The lowest BCUT2D eigenvalue weighted by molar-refractivity contribution is -0.126. The highest BCUT2D eigenvalue weighted by atomic mass is 16.5. The second kappa shape index (κ2) is 10.9. The topological polar surface area (TPSA) is 95.1 Å². The van der Waals surface area contributed by atoms with Gasteiger partial charge in [-0.1, -0.05) is 43.0 Å². The maximum Gasteiger partial charge on any atom is 0.255 e. The minimum Gasteiger partial charge on any atom is -0.489 e. The summed E-state index contributed by atoms with van der Waals surface area (Å²) in [5.74, 6) is 1.08. The maximum atomic E-state index is 13.1. The summed E-state index contributed by atoms with van der Waals surface area (Å²) in [5.41, 5.74) is 4.22. The van der Waals surface area contributed by atoms with E-state index in [4.69, 9.17) is 4.74 Å². The van der Waals surface area contributed by atoms with Gasteiger partial charge in [0.15, 0.2) is 0 Å². The number of aromatic nitrogens is 1. The number of pyridine rings is 1. The predicted octanol–water partition coefficient (Wildman–Crippen LogP) is 3.26. The highest BCUT2D eigenvalue weighted by Crippen LogP contribution is 2.34. The van der Waals surface area contributed by atoms with E-state index in [0.717, 1.165) is 23.2 Å². The third-order valence-corrected chi connectivity index (χ3v) is 7.70. The molecule has 3 aromatic rings. The van der Waals surface area contributed by atoms with Crippen LogP contribution in [0.2, 0.25) is 0 Å². The van der Waals surface area contributed by atoms with Crippen LogP contribution in [0.3, 0.4) is 0 Å². The fourth-order valence-corrected chi connectivity index (χ4v) is 5.55. The number of nitrogens with zero attached hydrogens (tertiary/aromatic N) is 4. The Morgan fingerprint density at radius 3 is 2.52 bits per heavy atom. The molecular weight excluding hydrogens is 506 g/mol. The standard InChI is InChI=1S/C31H31N5O4/c1-21-8-13-26(30(38)33-21)36-18-25-24(31(36)39)5-4-6-27(25)40-20-23-11-9-22(10-12-23)17-34-15-16-35(29(37)19-34)28-7-2-3-14-32-28/h2-7,9-12,14,26H,1,8,13,15-20H2,(H,33,38). The molecule has 0 radical (unpaired) electrons. The summed E-state index contributed by atoms with van der Waals surface area (Å²) < 4.78 is 6.16. The lowest BCUT2D eigenvalue weighted by Gasteiger charge is -2.33. The van der Waals surface area contributed by atoms with Gasteiger partial charge in [0, 0.05) is 42.7 Å². The van der Waals surface area contributed by atoms with Crippen molar-refractivity contribution in [2.45, 2.75) is 38.6 Å². The molecule has 3 amide bonds. The van der Waals surface area contributed by atoms with Crippen molar-refractivity contribution in [3.8, 4) is 5.75 Å². The Balaban J connectivity index is 1.05. The molecule has 40 heavy (non-hydrogen) atoms. The van der Waals surface area contributed by atoms with Crippen LogP contribution >= 0.6 is 0 Å². The van der Waals surface area contributed by atoms with Crippen molar-refractivity contribution in [2.24, 2.45) is 0 Å². The Labute approximate surface area is 233 Å². The zero-order chi connectivity index (χ0) is 27.6. The van der Waals surface area contributed by atoms with Gasteiger partial charge in [0.05, 0.1) is 13.1 Å². The van der Waals surface area contributed by atoms with Crippen LogP contribution < -0.4 is 15.0 Å². The molecule has 1 aromatic heterocycles. The number of rotatable bonds is 7. The molecule has 4 heterocycles. The average molecular weight is 538 g/mol. The molecule has 2 fully saturated rings. The number of fused-ring (bicyclic) bond motifs is 1. The fourth-order valence-electron chi connectivity index (χ4n) is 5.55. The molecule has 1 N–H and O–H groups in total. The number of piperazine rings is 1. The summed E-state index contributed by atoms with van der Waals surface area (Å²) in [7, 11) is 0. The van der Waals surface area contributed by atoms with Gasteiger partial charge in [0.25, 0.3) is 5.91 Å². The van der Waals surface area contributed by atoms with Gasteiger partial charge in [-0.2, -0.15) is 0 Å². The molecule has 2 saturated heterocycles. The van der Waals surface area contributed by atoms with Crippen LogP contribution in [0.1, 0.15) is 39.9 Å². The molecule has 1 unspecified atom stereocenters. The van der Waals surface area contributed by atoms with Gasteiger partial charge < -0.3 is 15.0 Å². The van der Waals surface area contributed by atoms with Crippen molar-refractivity contribution in [1.29, 1.82) is 0 Å². The number of hydrogen-bond acceptors (Lipinski definition) is 6. The summed E-state index contributed by atoms with van der Waals surface area (Å²) in [4.78, 5) is 48.1. The van der Waals surface area contributed by atoms with E-state index in [1.165, 1.54) is 0 Å². The van der Waals surface area contributed by atoms with E-state index in [0.29, 0.717) is 68.5 Å². The van der Waals surface area contributed by atoms with Gasteiger partial charge in [-0.05, 0) is 48.2 Å². The van der Waals surface area contributed by atoms with E-state index in [2.05, 4.69) is 33.9 Å². The Kier molecular flexibility index (Phi) is 7.04. The Morgan fingerprint density at radius 1 is 0.950 bits per heavy atom. The number of ether oxygens (including phenoxy) is 1. The molecule has 6 rings (SSSR count). The highest BCUT2D eigenvalue weighted by Gasteiger charge is 2.39. The van der Waals surface area contributed by atoms with Crippen LogP contribution in [0.15, 0.2) is 79.1 Å². The van der Waals surface area contributed by atoms with E-state index >= 15 is 0 Å². The number of benzene rings is 2. The lowest BCUT2D eigenvalue weighted by Crippen LogP contribution is -2.50. The Morgan fingerprint density at radius 2 is 1.77 bits per heavy atom. The van der Waals surface area contributed by atoms with Crippen LogP contribution in [-0.4, -0.2) is 58.2 Å². The normalized spacial score (nSPS) is 19.6.